The van der Waals surface area contributed by atoms with Gasteiger partial charge in [0, 0.05) is 30.3 Å². The average molecular weight is 596 g/mol. The zero-order chi connectivity index (χ0) is 28.5. The number of furan rings is 1. The summed E-state index contributed by atoms with van der Waals surface area (Å²) in [5.74, 6) is 3.95. The molecular weight excluding hydrogens is 558 g/mol. The highest BCUT2D eigenvalue weighted by atomic mass is 32.2. The third kappa shape index (κ3) is 5.92. The van der Waals surface area contributed by atoms with Crippen LogP contribution in [0.15, 0.2) is 33.6 Å². The van der Waals surface area contributed by atoms with Crippen LogP contribution in [0.1, 0.15) is 56.3 Å². The van der Waals surface area contributed by atoms with Gasteiger partial charge in [-0.3, -0.25) is 14.5 Å². The summed E-state index contributed by atoms with van der Waals surface area (Å²) in [6.45, 7) is 1.46. The number of carbonyl (C=O) groups is 2. The summed E-state index contributed by atoms with van der Waals surface area (Å²) < 4.78 is 18.0. The van der Waals surface area contributed by atoms with Gasteiger partial charge in [0.05, 0.1) is 25.2 Å². The number of hydrogen-bond acceptors (Lipinski definition) is 8. The van der Waals surface area contributed by atoms with Gasteiger partial charge in [-0.1, -0.05) is 30.4 Å². The third-order valence-corrected chi connectivity index (χ3v) is 10.2. The second-order valence-electron chi connectivity index (χ2n) is 11.4. The molecular formula is C31H37N3O5S2. The van der Waals surface area contributed by atoms with Crippen molar-refractivity contribution in [1.82, 2.24) is 15.5 Å². The van der Waals surface area contributed by atoms with E-state index in [9.17, 15) is 9.59 Å². The molecule has 8 nitrogen and oxygen atoms in total. The standard InChI is InChI=1S/C31H37N3O5S2/c1-37-22-13-21(14-23(16-22)38-2)26-15-20(5-3-10-33-29(35)24-6-4-9-32-24)27(39-26)17-28-30(36)34(31(40)41-28)25-12-18-7-8-19(25)11-18/h13-19,24-25,32H,3-12H2,1-2H3,(H,33,35)/b28-17-/t18?,19?,24-,25?/m0/s1. The predicted octanol–water partition coefficient (Wildman–Crippen LogP) is 5.15. The van der Waals surface area contributed by atoms with Crippen LogP contribution in [0, 0.1) is 11.8 Å². The smallest absolute Gasteiger partial charge is 0.266 e. The van der Waals surface area contributed by atoms with Crippen LogP contribution in [0.5, 0.6) is 11.5 Å². The summed E-state index contributed by atoms with van der Waals surface area (Å²) in [6, 6.07) is 7.76. The van der Waals surface area contributed by atoms with E-state index in [0.29, 0.717) is 51.1 Å². The van der Waals surface area contributed by atoms with Crippen LogP contribution in [0.3, 0.4) is 0 Å². The summed E-state index contributed by atoms with van der Waals surface area (Å²) in [7, 11) is 3.23. The van der Waals surface area contributed by atoms with E-state index in [2.05, 4.69) is 10.6 Å². The van der Waals surface area contributed by atoms with Gasteiger partial charge in [0.25, 0.3) is 5.91 Å². The average Bonchev–Trinajstić information content (AvgIpc) is 3.82. The highest BCUT2D eigenvalue weighted by Gasteiger charge is 2.48. The van der Waals surface area contributed by atoms with E-state index in [1.807, 2.05) is 35.2 Å². The lowest BCUT2D eigenvalue weighted by molar-refractivity contribution is -0.124. The highest BCUT2D eigenvalue weighted by molar-refractivity contribution is 8.26. The fraction of sp³-hybridized carbons (Fsp3) is 0.516. The summed E-state index contributed by atoms with van der Waals surface area (Å²) >= 11 is 7.08. The zero-order valence-electron chi connectivity index (χ0n) is 23.6. The molecule has 4 fully saturated rings. The van der Waals surface area contributed by atoms with Crippen molar-refractivity contribution in [2.75, 3.05) is 27.3 Å². The maximum atomic E-state index is 13.6. The molecule has 10 heteroatoms. The van der Waals surface area contributed by atoms with Crippen LogP contribution in [0.2, 0.25) is 0 Å². The molecule has 1 aromatic heterocycles. The van der Waals surface area contributed by atoms with E-state index in [1.54, 1.807) is 14.2 Å². The minimum atomic E-state index is -0.0915. The third-order valence-electron chi connectivity index (χ3n) is 8.89. The molecule has 0 spiro atoms. The molecule has 2 bridgehead atoms. The SMILES string of the molecule is COc1cc(OC)cc(-c2cc(CCCNC(=O)[C@@H]3CCCN3)c(/C=C3\SC(=S)N(C4CC5CCC4C5)C3=O)o2)c1. The maximum Gasteiger partial charge on any atom is 0.266 e. The Bertz CT molecular complexity index is 1340. The lowest BCUT2D eigenvalue weighted by atomic mass is 9.94. The summed E-state index contributed by atoms with van der Waals surface area (Å²) in [5, 5.41) is 6.30. The number of hydrogen-bond donors (Lipinski definition) is 2. The molecule has 2 aliphatic heterocycles. The number of amides is 2. The molecule has 2 saturated heterocycles. The number of methoxy groups -OCH3 is 2. The van der Waals surface area contributed by atoms with Gasteiger partial charge in [0.2, 0.25) is 5.91 Å². The maximum absolute atomic E-state index is 13.6. The second-order valence-corrected chi connectivity index (χ2v) is 13.1. The van der Waals surface area contributed by atoms with Gasteiger partial charge < -0.3 is 24.5 Å². The van der Waals surface area contributed by atoms with Gasteiger partial charge >= 0.3 is 0 Å². The topological polar surface area (TPSA) is 93.0 Å². The Hall–Kier alpha value is -2.82. The normalized spacial score (nSPS) is 26.4. The summed E-state index contributed by atoms with van der Waals surface area (Å²) in [4.78, 5) is 28.5. The first-order valence-corrected chi connectivity index (χ1v) is 15.8. The minimum Gasteiger partial charge on any atom is -0.497 e. The molecule has 2 saturated carbocycles. The number of thiocarbonyl (C=S) groups is 1. The van der Waals surface area contributed by atoms with Crippen molar-refractivity contribution in [3.63, 3.8) is 0 Å². The molecule has 218 valence electrons. The quantitative estimate of drug-likeness (QED) is 0.221. The molecule has 6 rings (SSSR count). The van der Waals surface area contributed by atoms with Gasteiger partial charge in [0.15, 0.2) is 0 Å². The lowest BCUT2D eigenvalue weighted by Gasteiger charge is -2.30. The van der Waals surface area contributed by atoms with Gasteiger partial charge in [-0.05, 0) is 87.1 Å². The number of carbonyl (C=O) groups excluding carboxylic acids is 2. The van der Waals surface area contributed by atoms with E-state index in [-0.39, 0.29) is 23.9 Å². The van der Waals surface area contributed by atoms with Gasteiger partial charge in [-0.15, -0.1) is 0 Å². The van der Waals surface area contributed by atoms with E-state index in [0.717, 1.165) is 49.3 Å². The van der Waals surface area contributed by atoms with Crippen LogP contribution in [-0.4, -0.2) is 60.4 Å². The van der Waals surface area contributed by atoms with E-state index >= 15 is 0 Å². The molecule has 0 radical (unpaired) electrons. The monoisotopic (exact) mass is 595 g/mol. The molecule has 41 heavy (non-hydrogen) atoms. The van der Waals surface area contributed by atoms with Gasteiger partial charge in [-0.2, -0.15) is 0 Å². The van der Waals surface area contributed by atoms with Crippen LogP contribution >= 0.6 is 24.0 Å². The first-order valence-electron chi connectivity index (χ1n) is 14.6. The fourth-order valence-corrected chi connectivity index (χ4v) is 8.13. The Labute approximate surface area is 250 Å². The summed E-state index contributed by atoms with van der Waals surface area (Å²) in [5.41, 5.74) is 1.79. The predicted molar refractivity (Wildman–Crippen MR) is 164 cm³/mol. The van der Waals surface area contributed by atoms with Crippen molar-refractivity contribution in [3.8, 4) is 22.8 Å². The number of ether oxygens (including phenoxy) is 2. The van der Waals surface area contributed by atoms with Crippen molar-refractivity contribution >= 4 is 46.2 Å². The number of rotatable bonds is 10. The molecule has 4 aliphatic rings. The molecule has 2 N–H and O–H groups in total. The van der Waals surface area contributed by atoms with Gasteiger partial charge in [0.1, 0.15) is 27.3 Å². The van der Waals surface area contributed by atoms with E-state index < -0.39 is 0 Å². The van der Waals surface area contributed by atoms with E-state index in [1.165, 1.54) is 31.0 Å². The number of aryl methyl sites for hydroxylation is 1. The molecule has 2 aromatic rings. The van der Waals surface area contributed by atoms with Crippen LogP contribution in [-0.2, 0) is 16.0 Å². The number of nitrogens with one attached hydrogen (secondary N) is 2. The van der Waals surface area contributed by atoms with Gasteiger partial charge in [-0.25, -0.2) is 0 Å². The number of thioether (sulfide) groups is 1. The summed E-state index contributed by atoms with van der Waals surface area (Å²) in [6.07, 6.45) is 9.92. The van der Waals surface area contributed by atoms with Crippen molar-refractivity contribution in [2.45, 2.75) is 63.5 Å². The van der Waals surface area contributed by atoms with Crippen LogP contribution < -0.4 is 20.1 Å². The number of nitrogens with zero attached hydrogens (tertiary/aromatic N) is 1. The first kappa shape index (κ1) is 28.3. The van der Waals surface area contributed by atoms with Crippen molar-refractivity contribution in [3.05, 3.63) is 40.5 Å². The molecule has 2 amide bonds. The highest BCUT2D eigenvalue weighted by Crippen LogP contribution is 2.49. The fourth-order valence-electron chi connectivity index (χ4n) is 6.79. The molecule has 3 unspecified atom stereocenters. The Kier molecular flexibility index (Phi) is 8.42. The van der Waals surface area contributed by atoms with E-state index in [4.69, 9.17) is 26.1 Å². The largest absolute Gasteiger partial charge is 0.497 e. The van der Waals surface area contributed by atoms with Crippen LogP contribution in [0.25, 0.3) is 17.4 Å². The van der Waals surface area contributed by atoms with Crippen LogP contribution in [0.4, 0.5) is 0 Å². The second kappa shape index (κ2) is 12.2. The Balaban J connectivity index is 1.24. The van der Waals surface area contributed by atoms with Crippen molar-refractivity contribution in [2.24, 2.45) is 11.8 Å². The first-order chi connectivity index (χ1) is 19.9. The molecule has 3 heterocycles. The van der Waals surface area contributed by atoms with Crippen molar-refractivity contribution in [1.29, 1.82) is 0 Å². The molecule has 1 aromatic carbocycles. The molecule has 4 atom stereocenters. The Morgan fingerprint density at radius 2 is 1.98 bits per heavy atom. The number of benzene rings is 1. The Morgan fingerprint density at radius 1 is 1.17 bits per heavy atom. The Morgan fingerprint density at radius 3 is 2.63 bits per heavy atom. The lowest BCUT2D eigenvalue weighted by Crippen LogP contribution is -2.41. The van der Waals surface area contributed by atoms with Crippen molar-refractivity contribution < 1.29 is 23.5 Å². The number of fused-ring (bicyclic) bond motifs is 2. The molecule has 2 aliphatic carbocycles. The zero-order valence-corrected chi connectivity index (χ0v) is 25.2. The minimum absolute atomic E-state index is 0.0131.